The molecule has 0 atom stereocenters. The molecule has 2 aliphatic rings. The molecule has 21 heavy (non-hydrogen) atoms. The first-order chi connectivity index (χ1) is 9.44. The van der Waals surface area contributed by atoms with Crippen molar-refractivity contribution in [2.24, 2.45) is 10.8 Å². The summed E-state index contributed by atoms with van der Waals surface area (Å²) in [6.07, 6.45) is 0. The molecule has 0 heterocycles. The van der Waals surface area contributed by atoms with Crippen LogP contribution in [0, 0.1) is 10.8 Å². The summed E-state index contributed by atoms with van der Waals surface area (Å²) in [6, 6.07) is 0. The number of allylic oxidation sites excluding steroid dienone is 8. The first-order valence-corrected chi connectivity index (χ1v) is 11.2. The molecule has 1 heteroatoms. The molecule has 0 saturated heterocycles. The average molecular weight is 454 g/mol. The van der Waals surface area contributed by atoms with Gasteiger partial charge in [-0.1, -0.05) is 0 Å². The van der Waals surface area contributed by atoms with Gasteiger partial charge in [-0.15, -0.1) is 0 Å². The summed E-state index contributed by atoms with van der Waals surface area (Å²) >= 11 is -0.845. The zero-order valence-electron chi connectivity index (χ0n) is 18.4. The van der Waals surface area contributed by atoms with E-state index >= 15 is 0 Å². The van der Waals surface area contributed by atoms with E-state index in [1.807, 2.05) is 7.58 Å². The Morgan fingerprint density at radius 2 is 0.857 bits per heavy atom. The Balaban J connectivity index is 0. The zero-order valence-corrected chi connectivity index (χ0v) is 18.7. The molecule has 0 fully saturated rings. The molecule has 0 saturated carbocycles. The van der Waals surface area contributed by atoms with Crippen molar-refractivity contribution in [3.63, 3.8) is 0 Å². The minimum Gasteiger partial charge on any atom is -1.00 e. The summed E-state index contributed by atoms with van der Waals surface area (Å²) in [5.74, 6) is 0. The monoisotopic (exact) mass is 454 g/mol. The van der Waals surface area contributed by atoms with Crippen molar-refractivity contribution in [3.8, 4) is 0 Å². The SMILES string of the molecule is CC1=C(C)C(C)(C)[C]([Ta+3][C]2=C(C)C(C)=C(C)C2(C)C)=C1C.[H-].[H-].[H-]. The van der Waals surface area contributed by atoms with E-state index in [2.05, 4.69) is 69.2 Å². The van der Waals surface area contributed by atoms with Gasteiger partial charge in [-0.3, -0.25) is 0 Å². The molecular formula is C20H33Ta. The fraction of sp³-hybridized carbons (Fsp3) is 0.600. The van der Waals surface area contributed by atoms with Gasteiger partial charge in [-0.05, 0) is 0 Å². The Kier molecular flexibility index (Phi) is 4.16. The molecule has 0 nitrogen and oxygen atoms in total. The van der Waals surface area contributed by atoms with E-state index in [0.29, 0.717) is 10.8 Å². The molecular weight excluding hydrogens is 421 g/mol. The van der Waals surface area contributed by atoms with Crippen LogP contribution >= 0.6 is 0 Å². The van der Waals surface area contributed by atoms with Crippen molar-refractivity contribution in [2.45, 2.75) is 69.2 Å². The Hall–Kier alpha value is -0.300. The fourth-order valence-electron chi connectivity index (χ4n) is 3.71. The van der Waals surface area contributed by atoms with Crippen LogP contribution in [0.1, 0.15) is 73.5 Å². The maximum absolute atomic E-state index is 2.44. The molecule has 2 aliphatic carbocycles. The summed E-state index contributed by atoms with van der Waals surface area (Å²) < 4.78 is 3.62. The molecule has 2 rings (SSSR count). The topological polar surface area (TPSA) is 0 Å². The first kappa shape index (κ1) is 17.1. The van der Waals surface area contributed by atoms with Crippen molar-refractivity contribution < 1.29 is 24.0 Å². The normalized spacial score (nSPS) is 24.5. The van der Waals surface area contributed by atoms with E-state index in [1.54, 1.807) is 33.4 Å². The van der Waals surface area contributed by atoms with Gasteiger partial charge in [0.05, 0.1) is 0 Å². The predicted molar refractivity (Wildman–Crippen MR) is 93.0 cm³/mol. The Bertz CT molecular complexity index is 588. The molecule has 0 aromatic carbocycles. The quantitative estimate of drug-likeness (QED) is 0.435. The van der Waals surface area contributed by atoms with Crippen molar-refractivity contribution in [3.05, 3.63) is 41.0 Å². The van der Waals surface area contributed by atoms with Gasteiger partial charge in [-0.25, -0.2) is 0 Å². The van der Waals surface area contributed by atoms with Crippen LogP contribution in [0.4, 0.5) is 0 Å². The second kappa shape index (κ2) is 5.11. The van der Waals surface area contributed by atoms with E-state index in [-0.39, 0.29) is 4.28 Å². The molecule has 0 radical (unpaired) electrons. The van der Waals surface area contributed by atoms with Gasteiger partial charge in [0.1, 0.15) is 0 Å². The van der Waals surface area contributed by atoms with E-state index in [1.165, 1.54) is 0 Å². The van der Waals surface area contributed by atoms with E-state index in [9.17, 15) is 0 Å². The molecule has 0 N–H and O–H groups in total. The van der Waals surface area contributed by atoms with Gasteiger partial charge in [0.15, 0.2) is 0 Å². The van der Waals surface area contributed by atoms with Crippen LogP contribution < -0.4 is 0 Å². The second-order valence-electron chi connectivity index (χ2n) is 7.81. The Labute approximate surface area is 145 Å². The van der Waals surface area contributed by atoms with E-state index in [4.69, 9.17) is 0 Å². The summed E-state index contributed by atoms with van der Waals surface area (Å²) in [6.45, 7) is 23.8. The maximum Gasteiger partial charge on any atom is -1.00 e. The molecule has 0 aromatic heterocycles. The molecule has 0 aromatic rings. The van der Waals surface area contributed by atoms with Gasteiger partial charge in [0.2, 0.25) is 0 Å². The van der Waals surface area contributed by atoms with Crippen LogP contribution in [0.3, 0.4) is 0 Å². The molecule has 0 aliphatic heterocycles. The molecule has 0 unspecified atom stereocenters. The number of rotatable bonds is 2. The van der Waals surface area contributed by atoms with Crippen molar-refractivity contribution >= 4 is 0 Å². The van der Waals surface area contributed by atoms with Gasteiger partial charge < -0.3 is 4.28 Å². The zero-order chi connectivity index (χ0) is 16.3. The van der Waals surface area contributed by atoms with E-state index in [0.717, 1.165) is 0 Å². The third kappa shape index (κ3) is 2.31. The van der Waals surface area contributed by atoms with Crippen molar-refractivity contribution in [1.82, 2.24) is 0 Å². The third-order valence-corrected chi connectivity index (χ3v) is 14.3. The van der Waals surface area contributed by atoms with Gasteiger partial charge in [-0.2, -0.15) is 0 Å². The summed E-state index contributed by atoms with van der Waals surface area (Å²) in [4.78, 5) is 0. The van der Waals surface area contributed by atoms with Crippen molar-refractivity contribution in [2.75, 3.05) is 0 Å². The Morgan fingerprint density at radius 3 is 1.05 bits per heavy atom. The van der Waals surface area contributed by atoms with Gasteiger partial charge in [0.25, 0.3) is 0 Å². The van der Waals surface area contributed by atoms with Crippen LogP contribution in [-0.4, -0.2) is 0 Å². The molecule has 0 amide bonds. The van der Waals surface area contributed by atoms with Crippen LogP contribution in [0.2, 0.25) is 0 Å². The fourth-order valence-corrected chi connectivity index (χ4v) is 10.1. The van der Waals surface area contributed by atoms with Crippen LogP contribution in [0.5, 0.6) is 0 Å². The third-order valence-electron chi connectivity index (χ3n) is 6.24. The Morgan fingerprint density at radius 1 is 0.571 bits per heavy atom. The summed E-state index contributed by atoms with van der Waals surface area (Å²) in [7, 11) is 0. The standard InChI is InChI=1S/2C10H15.Ta.3H/c2*1-7-6-10(4,5)9(3)8(7)2;;;;/h2*1-5H3;;;;/q;;+3;3*-1. The van der Waals surface area contributed by atoms with Crippen LogP contribution in [-0.2, 0) is 19.8 Å². The maximum atomic E-state index is 2.44. The number of hydrogen-bond acceptors (Lipinski definition) is 0. The molecule has 118 valence electrons. The largest absolute Gasteiger partial charge is 1.00 e. The smallest absolute Gasteiger partial charge is 1.00 e. The second-order valence-corrected chi connectivity index (χ2v) is 11.8. The molecule has 0 bridgehead atoms. The summed E-state index contributed by atoms with van der Waals surface area (Å²) in [5, 5.41) is 0. The van der Waals surface area contributed by atoms with Gasteiger partial charge >= 0.3 is 141 Å². The van der Waals surface area contributed by atoms with Crippen LogP contribution in [0.25, 0.3) is 0 Å². The summed E-state index contributed by atoms with van der Waals surface area (Å²) in [5.41, 5.74) is 10.1. The number of hydrogen-bond donors (Lipinski definition) is 0. The predicted octanol–water partition coefficient (Wildman–Crippen LogP) is 6.71. The first-order valence-electron chi connectivity index (χ1n) is 7.95. The average Bonchev–Trinajstić information content (AvgIpc) is 2.63. The molecule has 0 spiro atoms. The van der Waals surface area contributed by atoms with Gasteiger partial charge in [0, 0.05) is 0 Å². The minimum atomic E-state index is -0.845. The van der Waals surface area contributed by atoms with Crippen molar-refractivity contribution in [1.29, 1.82) is 0 Å². The van der Waals surface area contributed by atoms with Crippen LogP contribution in [0.15, 0.2) is 41.0 Å². The van der Waals surface area contributed by atoms with E-state index < -0.39 is 19.8 Å². The minimum absolute atomic E-state index is 0.